The number of para-hydroxylation sites is 2. The number of nitrogens with one attached hydrogen (secondary N) is 2. The predicted molar refractivity (Wildman–Crippen MR) is 154 cm³/mol. The van der Waals surface area contributed by atoms with E-state index in [1.165, 1.54) is 20.8 Å². The van der Waals surface area contributed by atoms with Crippen molar-refractivity contribution in [1.82, 2.24) is 5.32 Å². The smallest absolute Gasteiger partial charge is 0.372 e. The van der Waals surface area contributed by atoms with Gasteiger partial charge in [0, 0.05) is 11.3 Å². The van der Waals surface area contributed by atoms with Gasteiger partial charge in [-0.15, -0.1) is 0 Å². The Hall–Kier alpha value is -1.31. The Kier molecular flexibility index (Phi) is 14.3. The van der Waals surface area contributed by atoms with Crippen LogP contribution in [0.4, 0.5) is 11.4 Å². The molecule has 0 aliphatic rings. The van der Waals surface area contributed by atoms with Crippen LogP contribution in [0.2, 0.25) is 10.0 Å². The minimum atomic E-state index is -4.35. The molecular formula is C26H39Cl2N2O9P. The molecule has 6 N–H and O–H groups in total. The zero-order valence-electron chi connectivity index (χ0n) is 22.9. The lowest BCUT2D eigenvalue weighted by Gasteiger charge is -2.35. The predicted octanol–water partition coefficient (Wildman–Crippen LogP) is 4.87. The first-order valence-electron chi connectivity index (χ1n) is 12.8. The monoisotopic (exact) mass is 624 g/mol. The maximum atomic E-state index is 12.0. The molecule has 0 bridgehead atoms. The normalized spacial score (nSPS) is 17.9. The molecule has 0 spiro atoms. The lowest BCUT2D eigenvalue weighted by molar-refractivity contribution is -0.200. The second-order valence-electron chi connectivity index (χ2n) is 9.14. The molecule has 0 amide bonds. The number of phosphoric ester groups is 1. The molecule has 226 valence electrons. The van der Waals surface area contributed by atoms with Crippen LogP contribution in [0.1, 0.15) is 46.1 Å². The molecule has 0 saturated heterocycles. The molecule has 6 atom stereocenters. The summed E-state index contributed by atoms with van der Waals surface area (Å²) >= 11 is 12.7. The molecule has 2 aromatic carbocycles. The maximum absolute atomic E-state index is 12.0. The Balaban J connectivity index is 2.24. The highest BCUT2D eigenvalue weighted by atomic mass is 35.5. The molecule has 6 unspecified atom stereocenters. The van der Waals surface area contributed by atoms with Crippen LogP contribution in [0.15, 0.2) is 42.5 Å². The Morgan fingerprint density at radius 2 is 1.68 bits per heavy atom. The average molecular weight is 625 g/mol. The van der Waals surface area contributed by atoms with Crippen LogP contribution in [0.3, 0.4) is 0 Å². The van der Waals surface area contributed by atoms with Gasteiger partial charge in [-0.2, -0.15) is 0 Å². The Morgan fingerprint density at radius 3 is 2.27 bits per heavy atom. The van der Waals surface area contributed by atoms with Crippen LogP contribution >= 0.6 is 31.0 Å². The number of hydrogen-bond donors (Lipinski definition) is 6. The quantitative estimate of drug-likeness (QED) is 0.0991. The number of aliphatic hydroxyl groups excluding tert-OH is 2. The maximum Gasteiger partial charge on any atom is 0.472 e. The van der Waals surface area contributed by atoms with Gasteiger partial charge < -0.3 is 35.0 Å². The number of ether oxygens (including phenoxy) is 2. The van der Waals surface area contributed by atoms with Gasteiger partial charge in [-0.25, -0.2) is 4.57 Å². The number of hydrogen-bond acceptors (Lipinski definition) is 10. The van der Waals surface area contributed by atoms with Crippen molar-refractivity contribution in [2.75, 3.05) is 25.1 Å². The van der Waals surface area contributed by atoms with Crippen molar-refractivity contribution in [2.45, 2.75) is 71.0 Å². The largest absolute Gasteiger partial charge is 0.472 e. The van der Waals surface area contributed by atoms with Crippen molar-refractivity contribution in [2.24, 2.45) is 0 Å². The van der Waals surface area contributed by atoms with Gasteiger partial charge in [0.2, 0.25) is 0 Å². The third-order valence-corrected chi connectivity index (χ3v) is 7.35. The Bertz CT molecular complexity index is 1090. The van der Waals surface area contributed by atoms with Crippen molar-refractivity contribution in [3.05, 3.63) is 58.1 Å². The van der Waals surface area contributed by atoms with Crippen molar-refractivity contribution in [1.29, 1.82) is 0 Å². The minimum Gasteiger partial charge on any atom is -0.372 e. The molecule has 11 nitrogen and oxygen atoms in total. The summed E-state index contributed by atoms with van der Waals surface area (Å²) in [6, 6.07) is 11.3. The van der Waals surface area contributed by atoms with Gasteiger partial charge in [0.15, 0.2) is 12.6 Å². The van der Waals surface area contributed by atoms with E-state index in [1.807, 2.05) is 6.92 Å². The van der Waals surface area contributed by atoms with Crippen LogP contribution < -0.4 is 10.6 Å². The molecule has 2 rings (SSSR count). The summed E-state index contributed by atoms with van der Waals surface area (Å²) < 4.78 is 32.5. The van der Waals surface area contributed by atoms with Gasteiger partial charge in [-0.3, -0.25) is 14.4 Å². The van der Waals surface area contributed by atoms with Crippen molar-refractivity contribution in [3.8, 4) is 0 Å². The fourth-order valence-electron chi connectivity index (χ4n) is 3.85. The third kappa shape index (κ3) is 11.2. The lowest BCUT2D eigenvalue weighted by Crippen LogP contribution is -2.52. The van der Waals surface area contributed by atoms with Crippen molar-refractivity contribution in [3.63, 3.8) is 0 Å². The Labute approximate surface area is 244 Å². The SMILES string of the molecule is CCCC(NC(C)(O)c1ccccc1Nc1c(Cl)cccc1Cl)C(O)OC(COC(C)O)COP(=O)(O)OCC. The summed E-state index contributed by atoms with van der Waals surface area (Å²) in [5.41, 5.74) is -0.252. The molecule has 2 aromatic rings. The highest BCUT2D eigenvalue weighted by Gasteiger charge is 2.34. The van der Waals surface area contributed by atoms with Crippen LogP contribution in [-0.4, -0.2) is 64.8 Å². The van der Waals surface area contributed by atoms with Crippen LogP contribution in [0.25, 0.3) is 0 Å². The standard InChI is InChI=1S/C26H39Cl2N2O9P/c1-5-10-23(25(32)39-18(15-36-17(3)31)16-38-40(34,35)37-6-2)30-26(4,33)19-11-7-8-14-22(19)29-24-20(27)12-9-13-21(24)28/h7-9,11-14,17-18,23,25,29-33H,5-6,10,15-16H2,1-4H3,(H,34,35). The summed E-state index contributed by atoms with van der Waals surface area (Å²) in [6.07, 6.45) is -2.73. The van der Waals surface area contributed by atoms with E-state index in [-0.39, 0.29) is 13.2 Å². The van der Waals surface area contributed by atoms with Crippen LogP contribution in [0, 0.1) is 0 Å². The average Bonchev–Trinajstić information content (AvgIpc) is 2.87. The van der Waals surface area contributed by atoms with Crippen molar-refractivity contribution >= 4 is 42.4 Å². The number of aliphatic hydroxyl groups is 3. The number of rotatable bonds is 18. The fourth-order valence-corrected chi connectivity index (χ4v) is 5.09. The summed E-state index contributed by atoms with van der Waals surface area (Å²) in [6.45, 7) is 5.54. The molecule has 14 heteroatoms. The highest BCUT2D eigenvalue weighted by Crippen LogP contribution is 2.43. The zero-order valence-corrected chi connectivity index (χ0v) is 25.3. The van der Waals surface area contributed by atoms with E-state index in [9.17, 15) is 24.8 Å². The second kappa shape index (κ2) is 16.4. The first kappa shape index (κ1) is 34.9. The van der Waals surface area contributed by atoms with Gasteiger partial charge in [0.05, 0.1) is 41.6 Å². The number of anilines is 2. The first-order valence-corrected chi connectivity index (χ1v) is 15.1. The Morgan fingerprint density at radius 1 is 1.02 bits per heavy atom. The molecule has 0 aliphatic heterocycles. The molecule has 0 aliphatic carbocycles. The molecule has 0 heterocycles. The van der Waals surface area contributed by atoms with Gasteiger partial charge in [0.25, 0.3) is 0 Å². The first-order chi connectivity index (χ1) is 18.8. The number of phosphoric acid groups is 1. The highest BCUT2D eigenvalue weighted by molar-refractivity contribution is 7.47. The summed E-state index contributed by atoms with van der Waals surface area (Å²) in [4.78, 5) is 9.75. The molecule has 0 aromatic heterocycles. The van der Waals surface area contributed by atoms with Crippen molar-refractivity contribution < 1.29 is 43.3 Å². The van der Waals surface area contributed by atoms with E-state index in [2.05, 4.69) is 10.6 Å². The molecule has 40 heavy (non-hydrogen) atoms. The van der Waals surface area contributed by atoms with Crippen LogP contribution in [-0.2, 0) is 28.8 Å². The summed E-state index contributed by atoms with van der Waals surface area (Å²) in [5.74, 6) is 0. The number of benzene rings is 2. The van der Waals surface area contributed by atoms with Crippen LogP contribution in [0.5, 0.6) is 0 Å². The molecular weight excluding hydrogens is 586 g/mol. The second-order valence-corrected chi connectivity index (χ2v) is 11.4. The van der Waals surface area contributed by atoms with E-state index in [1.54, 1.807) is 42.5 Å². The van der Waals surface area contributed by atoms with Gasteiger partial charge in [0.1, 0.15) is 11.8 Å². The number of halogens is 2. The van der Waals surface area contributed by atoms with E-state index < -0.39 is 44.9 Å². The lowest BCUT2D eigenvalue weighted by atomic mass is 9.99. The fraction of sp³-hybridized carbons (Fsp3) is 0.538. The zero-order chi connectivity index (χ0) is 29.9. The summed E-state index contributed by atoms with van der Waals surface area (Å²) in [5, 5.41) is 39.1. The van der Waals surface area contributed by atoms with E-state index in [4.69, 9.17) is 41.7 Å². The van der Waals surface area contributed by atoms with E-state index in [0.717, 1.165) is 0 Å². The molecule has 0 fully saturated rings. The van der Waals surface area contributed by atoms with E-state index in [0.29, 0.717) is 39.8 Å². The topological polar surface area (TPSA) is 159 Å². The summed E-state index contributed by atoms with van der Waals surface area (Å²) in [7, 11) is -4.35. The molecule has 0 radical (unpaired) electrons. The van der Waals surface area contributed by atoms with Gasteiger partial charge >= 0.3 is 7.82 Å². The minimum absolute atomic E-state index is 0.0529. The molecule has 0 saturated carbocycles. The van der Waals surface area contributed by atoms with Gasteiger partial charge in [-0.05, 0) is 45.4 Å². The van der Waals surface area contributed by atoms with E-state index >= 15 is 0 Å². The van der Waals surface area contributed by atoms with Gasteiger partial charge in [-0.1, -0.05) is 60.8 Å². The third-order valence-electron chi connectivity index (χ3n) is 5.66.